The molecule has 1 saturated heterocycles. The number of nitrogens with one attached hydrogen (secondary N) is 1. The van der Waals surface area contributed by atoms with Crippen molar-refractivity contribution >= 4 is 5.91 Å². The highest BCUT2D eigenvalue weighted by atomic mass is 16.5. The molecule has 122 valence electrons. The van der Waals surface area contributed by atoms with E-state index in [0.717, 1.165) is 17.9 Å². The predicted octanol–water partition coefficient (Wildman–Crippen LogP) is 2.36. The van der Waals surface area contributed by atoms with Gasteiger partial charge in [0.05, 0.1) is 32.1 Å². The lowest BCUT2D eigenvalue weighted by molar-refractivity contribution is -0.126. The minimum absolute atomic E-state index is 0.00182. The molecule has 5 heteroatoms. The van der Waals surface area contributed by atoms with Crippen LogP contribution in [0.3, 0.4) is 0 Å². The van der Waals surface area contributed by atoms with E-state index in [4.69, 9.17) is 9.15 Å². The highest BCUT2D eigenvalue weighted by Crippen LogP contribution is 2.24. The first kappa shape index (κ1) is 15.8. The number of ether oxygens (including phenoxy) is 1. The number of hydrogen-bond donors (Lipinski definition) is 1. The van der Waals surface area contributed by atoms with Gasteiger partial charge in [-0.05, 0) is 24.6 Å². The van der Waals surface area contributed by atoms with Crippen LogP contribution in [0.5, 0.6) is 0 Å². The van der Waals surface area contributed by atoms with Crippen molar-refractivity contribution in [3.05, 3.63) is 60.1 Å². The van der Waals surface area contributed by atoms with Crippen molar-refractivity contribution in [3.63, 3.8) is 0 Å². The molecule has 1 aromatic carbocycles. The molecule has 0 aliphatic carbocycles. The van der Waals surface area contributed by atoms with E-state index in [0.29, 0.717) is 19.7 Å². The lowest BCUT2D eigenvalue weighted by Gasteiger charge is -2.37. The van der Waals surface area contributed by atoms with Crippen molar-refractivity contribution in [2.75, 3.05) is 19.7 Å². The van der Waals surface area contributed by atoms with Gasteiger partial charge in [0.15, 0.2) is 0 Å². The van der Waals surface area contributed by atoms with Crippen molar-refractivity contribution in [2.24, 2.45) is 0 Å². The van der Waals surface area contributed by atoms with Crippen molar-refractivity contribution in [3.8, 4) is 0 Å². The smallest absolute Gasteiger partial charge is 0.234 e. The van der Waals surface area contributed by atoms with E-state index in [2.05, 4.69) is 29.3 Å². The number of nitrogens with zero attached hydrogens (tertiary/aromatic N) is 1. The van der Waals surface area contributed by atoms with Gasteiger partial charge in [0, 0.05) is 12.6 Å². The van der Waals surface area contributed by atoms with Gasteiger partial charge in [-0.1, -0.05) is 30.3 Å². The maximum Gasteiger partial charge on any atom is 0.234 e. The van der Waals surface area contributed by atoms with Crippen LogP contribution in [0.2, 0.25) is 0 Å². The maximum absolute atomic E-state index is 12.2. The summed E-state index contributed by atoms with van der Waals surface area (Å²) in [6.45, 7) is 4.23. The van der Waals surface area contributed by atoms with Gasteiger partial charge in [0.25, 0.3) is 0 Å². The summed E-state index contributed by atoms with van der Waals surface area (Å²) < 4.78 is 11.1. The Morgan fingerprint density at radius 3 is 2.83 bits per heavy atom. The zero-order chi connectivity index (χ0) is 16.1. The summed E-state index contributed by atoms with van der Waals surface area (Å²) in [6.07, 6.45) is 1.63. The van der Waals surface area contributed by atoms with Gasteiger partial charge in [0.1, 0.15) is 5.76 Å². The minimum Gasteiger partial charge on any atom is -0.467 e. The van der Waals surface area contributed by atoms with Crippen molar-refractivity contribution in [1.29, 1.82) is 0 Å². The third kappa shape index (κ3) is 4.21. The molecule has 2 aromatic rings. The van der Waals surface area contributed by atoms with Crippen LogP contribution in [0.15, 0.2) is 53.1 Å². The van der Waals surface area contributed by atoms with E-state index < -0.39 is 0 Å². The lowest BCUT2D eigenvalue weighted by atomic mass is 10.1. The molecule has 1 aliphatic rings. The summed E-state index contributed by atoms with van der Waals surface area (Å²) in [5, 5.41) is 2.89. The SMILES string of the molecule is C[C@H]1CO[C@@H](c2ccccc2)CN1CC(=O)NCc1ccco1. The second-order valence-corrected chi connectivity index (χ2v) is 5.87. The molecule has 1 aromatic heterocycles. The van der Waals surface area contributed by atoms with E-state index >= 15 is 0 Å². The molecule has 1 N–H and O–H groups in total. The molecule has 2 heterocycles. The zero-order valence-electron chi connectivity index (χ0n) is 13.3. The first-order chi connectivity index (χ1) is 11.2. The fraction of sp³-hybridized carbons (Fsp3) is 0.389. The fourth-order valence-corrected chi connectivity index (χ4v) is 2.74. The number of morpholine rings is 1. The van der Waals surface area contributed by atoms with Gasteiger partial charge in [-0.25, -0.2) is 0 Å². The van der Waals surface area contributed by atoms with Crippen LogP contribution in [0, 0.1) is 0 Å². The highest BCUT2D eigenvalue weighted by Gasteiger charge is 2.28. The lowest BCUT2D eigenvalue weighted by Crippen LogP contribution is -2.49. The van der Waals surface area contributed by atoms with Gasteiger partial charge in [-0.15, -0.1) is 0 Å². The quantitative estimate of drug-likeness (QED) is 0.920. The average molecular weight is 314 g/mol. The largest absolute Gasteiger partial charge is 0.467 e. The van der Waals surface area contributed by atoms with Gasteiger partial charge in [0.2, 0.25) is 5.91 Å². The monoisotopic (exact) mass is 314 g/mol. The molecule has 0 radical (unpaired) electrons. The second-order valence-electron chi connectivity index (χ2n) is 5.87. The molecular formula is C18H22N2O3. The van der Waals surface area contributed by atoms with Crippen molar-refractivity contribution in [2.45, 2.75) is 25.6 Å². The molecule has 23 heavy (non-hydrogen) atoms. The second kappa shape index (κ2) is 7.44. The summed E-state index contributed by atoms with van der Waals surface area (Å²) in [5.74, 6) is 0.762. The Morgan fingerprint density at radius 2 is 2.09 bits per heavy atom. The molecule has 0 unspecified atom stereocenters. The first-order valence-corrected chi connectivity index (χ1v) is 7.92. The Balaban J connectivity index is 1.54. The van der Waals surface area contributed by atoms with E-state index in [9.17, 15) is 4.79 Å². The number of benzene rings is 1. The van der Waals surface area contributed by atoms with E-state index in [-0.39, 0.29) is 18.1 Å². The Labute approximate surface area is 136 Å². The van der Waals surface area contributed by atoms with Crippen LogP contribution in [-0.2, 0) is 16.1 Å². The Bertz CT molecular complexity index is 612. The Hall–Kier alpha value is -2.11. The summed E-state index contributed by atoms with van der Waals surface area (Å²) in [5.41, 5.74) is 1.15. The first-order valence-electron chi connectivity index (χ1n) is 7.92. The summed E-state index contributed by atoms with van der Waals surface area (Å²) in [4.78, 5) is 14.3. The molecule has 2 atom stereocenters. The molecule has 0 spiro atoms. The van der Waals surface area contributed by atoms with Gasteiger partial charge in [-0.2, -0.15) is 0 Å². The number of hydrogen-bond acceptors (Lipinski definition) is 4. The number of carbonyl (C=O) groups excluding carboxylic acids is 1. The number of furan rings is 1. The van der Waals surface area contributed by atoms with Crippen molar-refractivity contribution in [1.82, 2.24) is 10.2 Å². The summed E-state index contributed by atoms with van der Waals surface area (Å²) in [6, 6.07) is 14.0. The Kier molecular flexibility index (Phi) is 5.10. The molecule has 5 nitrogen and oxygen atoms in total. The van der Waals surface area contributed by atoms with Crippen LogP contribution in [-0.4, -0.2) is 36.5 Å². The van der Waals surface area contributed by atoms with Crippen LogP contribution in [0.4, 0.5) is 0 Å². The maximum atomic E-state index is 12.2. The molecule has 0 saturated carbocycles. The van der Waals surface area contributed by atoms with Gasteiger partial charge >= 0.3 is 0 Å². The average Bonchev–Trinajstić information content (AvgIpc) is 3.09. The molecule has 0 bridgehead atoms. The van der Waals surface area contributed by atoms with Crippen LogP contribution in [0.25, 0.3) is 0 Å². The van der Waals surface area contributed by atoms with Crippen LogP contribution >= 0.6 is 0 Å². The molecule has 3 rings (SSSR count). The standard InChI is InChI=1S/C18H22N2O3/c1-14-13-23-17(15-6-3-2-4-7-15)11-20(14)12-18(21)19-10-16-8-5-9-22-16/h2-9,14,17H,10-13H2,1H3,(H,19,21)/t14-,17+/m0/s1. The predicted molar refractivity (Wildman–Crippen MR) is 86.7 cm³/mol. The number of amides is 1. The van der Waals surface area contributed by atoms with Gasteiger partial charge < -0.3 is 14.5 Å². The van der Waals surface area contributed by atoms with E-state index in [1.54, 1.807) is 6.26 Å². The molecule has 1 aliphatic heterocycles. The van der Waals surface area contributed by atoms with E-state index in [1.807, 2.05) is 30.3 Å². The Morgan fingerprint density at radius 1 is 1.26 bits per heavy atom. The zero-order valence-corrected chi connectivity index (χ0v) is 13.3. The van der Waals surface area contributed by atoms with E-state index in [1.165, 1.54) is 0 Å². The topological polar surface area (TPSA) is 54.7 Å². The minimum atomic E-state index is 0.00182. The molecule has 1 amide bonds. The third-order valence-corrected chi connectivity index (χ3v) is 4.12. The normalized spacial score (nSPS) is 22.0. The number of carbonyl (C=O) groups is 1. The molecular weight excluding hydrogens is 292 g/mol. The highest BCUT2D eigenvalue weighted by molar-refractivity contribution is 5.78. The van der Waals surface area contributed by atoms with Crippen LogP contribution in [0.1, 0.15) is 24.4 Å². The summed E-state index contributed by atoms with van der Waals surface area (Å²) in [7, 11) is 0. The van der Waals surface area contributed by atoms with Crippen molar-refractivity contribution < 1.29 is 13.9 Å². The number of rotatable bonds is 5. The van der Waals surface area contributed by atoms with Gasteiger partial charge in [-0.3, -0.25) is 9.69 Å². The fourth-order valence-electron chi connectivity index (χ4n) is 2.74. The molecule has 1 fully saturated rings. The summed E-state index contributed by atoms with van der Waals surface area (Å²) >= 11 is 0. The third-order valence-electron chi connectivity index (χ3n) is 4.12. The van der Waals surface area contributed by atoms with Crippen LogP contribution < -0.4 is 5.32 Å².